The van der Waals surface area contributed by atoms with E-state index in [1.807, 2.05) is 0 Å². The summed E-state index contributed by atoms with van der Waals surface area (Å²) < 4.78 is 27.4. The summed E-state index contributed by atoms with van der Waals surface area (Å²) in [4.78, 5) is 16.5. The molecule has 2 aliphatic heterocycles. The summed E-state index contributed by atoms with van der Waals surface area (Å²) in [7, 11) is -3.71. The van der Waals surface area contributed by atoms with Gasteiger partial charge in [-0.3, -0.25) is 14.5 Å². The summed E-state index contributed by atoms with van der Waals surface area (Å²) in [6.07, 6.45) is 7.27. The van der Waals surface area contributed by atoms with Crippen molar-refractivity contribution < 1.29 is 13.2 Å². The molecule has 0 aliphatic carbocycles. The molecule has 2 unspecified atom stereocenters. The van der Waals surface area contributed by atoms with Crippen molar-refractivity contribution in [3.05, 3.63) is 54.4 Å². The second-order valence-corrected chi connectivity index (χ2v) is 8.83. The number of nitrogens with zero attached hydrogens (tertiary/aromatic N) is 1. The fourth-order valence-electron chi connectivity index (χ4n) is 3.86. The Balaban J connectivity index is 1.41. The molecule has 0 spiro atoms. The van der Waals surface area contributed by atoms with Gasteiger partial charge in [-0.15, -0.1) is 0 Å². The van der Waals surface area contributed by atoms with E-state index in [0.717, 1.165) is 12.8 Å². The van der Waals surface area contributed by atoms with Crippen LogP contribution in [0, 0.1) is 0 Å². The van der Waals surface area contributed by atoms with Gasteiger partial charge < -0.3 is 10.6 Å². The first kappa shape index (κ1) is 17.9. The van der Waals surface area contributed by atoms with Gasteiger partial charge in [0.25, 0.3) is 15.9 Å². The highest BCUT2D eigenvalue weighted by atomic mass is 32.2. The molecule has 0 radical (unpaired) electrons. The highest BCUT2D eigenvalue weighted by Crippen LogP contribution is 2.27. The zero-order valence-electron chi connectivity index (χ0n) is 14.8. The Hall–Kier alpha value is -2.45. The Morgan fingerprint density at radius 2 is 1.63 bits per heavy atom. The van der Waals surface area contributed by atoms with Gasteiger partial charge in [0, 0.05) is 36.1 Å². The predicted octanol–water partition coefficient (Wildman–Crippen LogP) is 1.90. The van der Waals surface area contributed by atoms with Crippen molar-refractivity contribution in [2.45, 2.75) is 48.7 Å². The minimum Gasteiger partial charge on any atom is -0.349 e. The molecule has 3 N–H and O–H groups in total. The van der Waals surface area contributed by atoms with Crippen molar-refractivity contribution in [2.24, 2.45) is 0 Å². The Morgan fingerprint density at radius 3 is 2.26 bits per heavy atom. The van der Waals surface area contributed by atoms with Gasteiger partial charge in [0.2, 0.25) is 0 Å². The van der Waals surface area contributed by atoms with Gasteiger partial charge in [-0.2, -0.15) is 0 Å². The van der Waals surface area contributed by atoms with Gasteiger partial charge in [0.05, 0.1) is 10.6 Å². The third-order valence-corrected chi connectivity index (χ3v) is 6.56. The first-order chi connectivity index (χ1) is 13.0. The van der Waals surface area contributed by atoms with Gasteiger partial charge in [0.15, 0.2) is 0 Å². The Kier molecular flexibility index (Phi) is 4.84. The van der Waals surface area contributed by atoms with Crippen LogP contribution in [0.3, 0.4) is 0 Å². The van der Waals surface area contributed by atoms with E-state index in [1.54, 1.807) is 24.3 Å². The van der Waals surface area contributed by atoms with Crippen LogP contribution >= 0.6 is 0 Å². The number of anilines is 1. The third-order valence-electron chi connectivity index (χ3n) is 5.17. The number of benzene rings is 1. The number of rotatable bonds is 5. The van der Waals surface area contributed by atoms with Crippen molar-refractivity contribution in [1.29, 1.82) is 0 Å². The average molecular weight is 386 g/mol. The van der Waals surface area contributed by atoms with Crippen molar-refractivity contribution in [3.8, 4) is 0 Å². The zero-order valence-corrected chi connectivity index (χ0v) is 15.6. The van der Waals surface area contributed by atoms with E-state index in [1.165, 1.54) is 37.4 Å². The lowest BCUT2D eigenvalue weighted by Crippen LogP contribution is -2.48. The molecule has 142 valence electrons. The predicted molar refractivity (Wildman–Crippen MR) is 102 cm³/mol. The molecule has 1 aromatic heterocycles. The lowest BCUT2D eigenvalue weighted by molar-refractivity contribution is 0.0924. The van der Waals surface area contributed by atoms with Crippen molar-refractivity contribution >= 4 is 21.6 Å². The number of piperidine rings is 1. The molecule has 1 amide bonds. The molecule has 27 heavy (non-hydrogen) atoms. The molecule has 7 nitrogen and oxygen atoms in total. The molecule has 8 heteroatoms. The van der Waals surface area contributed by atoms with E-state index in [0.29, 0.717) is 23.3 Å². The molecule has 3 heterocycles. The molecule has 2 bridgehead atoms. The highest BCUT2D eigenvalue weighted by Gasteiger charge is 2.34. The highest BCUT2D eigenvalue weighted by molar-refractivity contribution is 7.92. The Bertz CT molecular complexity index is 904. The smallest absolute Gasteiger partial charge is 0.261 e. The molecule has 2 aromatic rings. The maximum Gasteiger partial charge on any atom is 0.261 e. The number of sulfonamides is 1. The van der Waals surface area contributed by atoms with Crippen LogP contribution in [0.25, 0.3) is 0 Å². The lowest BCUT2D eigenvalue weighted by atomic mass is 9.99. The number of amides is 1. The number of hydrogen-bond donors (Lipinski definition) is 3. The van der Waals surface area contributed by atoms with Gasteiger partial charge in [0.1, 0.15) is 0 Å². The molecule has 2 atom stereocenters. The van der Waals surface area contributed by atoms with Crippen LogP contribution in [-0.4, -0.2) is 37.4 Å². The average Bonchev–Trinajstić information content (AvgIpc) is 3.00. The van der Waals surface area contributed by atoms with Gasteiger partial charge in [-0.25, -0.2) is 8.42 Å². The molecule has 4 rings (SSSR count). The van der Waals surface area contributed by atoms with Gasteiger partial charge >= 0.3 is 0 Å². The van der Waals surface area contributed by atoms with Crippen LogP contribution in [0.4, 0.5) is 5.69 Å². The minimum atomic E-state index is -3.71. The molecule has 2 saturated heterocycles. The van der Waals surface area contributed by atoms with E-state index in [9.17, 15) is 13.2 Å². The molecular formula is C19H22N4O3S. The first-order valence-electron chi connectivity index (χ1n) is 9.09. The fraction of sp³-hybridized carbons (Fsp3) is 0.368. The van der Waals surface area contributed by atoms with Crippen LogP contribution in [0.5, 0.6) is 0 Å². The van der Waals surface area contributed by atoms with Gasteiger partial charge in [-0.1, -0.05) is 0 Å². The maximum absolute atomic E-state index is 12.5. The van der Waals surface area contributed by atoms with Gasteiger partial charge in [-0.05, 0) is 62.1 Å². The topological polar surface area (TPSA) is 100 Å². The van der Waals surface area contributed by atoms with Crippen LogP contribution in [0.1, 0.15) is 36.0 Å². The number of aromatic nitrogens is 1. The number of hydrogen-bond acceptors (Lipinski definition) is 5. The Labute approximate surface area is 158 Å². The van der Waals surface area contributed by atoms with Crippen molar-refractivity contribution in [3.63, 3.8) is 0 Å². The minimum absolute atomic E-state index is 0.107. The summed E-state index contributed by atoms with van der Waals surface area (Å²) in [5, 5.41) is 6.63. The fourth-order valence-corrected chi connectivity index (χ4v) is 4.92. The number of nitrogens with one attached hydrogen (secondary N) is 3. The van der Waals surface area contributed by atoms with Crippen LogP contribution in [0.15, 0.2) is 53.7 Å². The van der Waals surface area contributed by atoms with E-state index in [4.69, 9.17) is 0 Å². The molecule has 2 aliphatic rings. The zero-order chi connectivity index (χ0) is 18.9. The quantitative estimate of drug-likeness (QED) is 0.729. The van der Waals surface area contributed by atoms with Crippen LogP contribution in [-0.2, 0) is 10.0 Å². The summed E-state index contributed by atoms with van der Waals surface area (Å²) in [5.41, 5.74) is 0.899. The summed E-state index contributed by atoms with van der Waals surface area (Å²) in [6, 6.07) is 10.3. The number of fused-ring (bicyclic) bond motifs is 2. The molecule has 2 fully saturated rings. The van der Waals surface area contributed by atoms with Crippen LogP contribution < -0.4 is 15.4 Å². The monoisotopic (exact) mass is 386 g/mol. The van der Waals surface area contributed by atoms with E-state index in [2.05, 4.69) is 20.3 Å². The Morgan fingerprint density at radius 1 is 1.00 bits per heavy atom. The van der Waals surface area contributed by atoms with E-state index >= 15 is 0 Å². The number of carbonyl (C=O) groups excluding carboxylic acids is 1. The summed E-state index contributed by atoms with van der Waals surface area (Å²) >= 11 is 0. The number of pyridine rings is 1. The van der Waals surface area contributed by atoms with E-state index in [-0.39, 0.29) is 16.8 Å². The number of carbonyl (C=O) groups is 1. The van der Waals surface area contributed by atoms with E-state index < -0.39 is 10.0 Å². The normalized spacial score (nSPS) is 24.4. The SMILES string of the molecule is O=C(NC1CC2CCC(C1)N2)c1ccc(S(=O)(=O)Nc2ccncc2)cc1. The molecule has 0 saturated carbocycles. The molecule has 1 aromatic carbocycles. The van der Waals surface area contributed by atoms with Crippen molar-refractivity contribution in [1.82, 2.24) is 15.6 Å². The second-order valence-electron chi connectivity index (χ2n) is 7.15. The summed E-state index contributed by atoms with van der Waals surface area (Å²) in [5.74, 6) is -0.160. The van der Waals surface area contributed by atoms with Crippen molar-refractivity contribution in [2.75, 3.05) is 4.72 Å². The first-order valence-corrected chi connectivity index (χ1v) is 10.6. The summed E-state index contributed by atoms with van der Waals surface area (Å²) in [6.45, 7) is 0. The second kappa shape index (κ2) is 7.28. The van der Waals surface area contributed by atoms with Crippen LogP contribution in [0.2, 0.25) is 0 Å². The standard InChI is InChI=1S/C19H22N4O3S/c24-19(22-17-11-15-3-4-16(12-17)21-15)13-1-5-18(6-2-13)27(25,26)23-14-7-9-20-10-8-14/h1-2,5-10,15-17,21H,3-4,11-12H2,(H,20,23)(H,22,24). The maximum atomic E-state index is 12.5. The third kappa shape index (κ3) is 4.12. The largest absolute Gasteiger partial charge is 0.349 e. The molecular weight excluding hydrogens is 364 g/mol. The lowest BCUT2D eigenvalue weighted by Gasteiger charge is -2.29.